The van der Waals surface area contributed by atoms with Crippen molar-refractivity contribution in [2.45, 2.75) is 19.8 Å². The average molecular weight is 317 g/mol. The summed E-state index contributed by atoms with van der Waals surface area (Å²) >= 11 is 0. The van der Waals surface area contributed by atoms with Crippen LogP contribution in [-0.2, 0) is 0 Å². The molecule has 1 atom stereocenters. The number of hydrogen-bond donors (Lipinski definition) is 0. The minimum atomic E-state index is -1.04. The summed E-state index contributed by atoms with van der Waals surface area (Å²) in [5, 5.41) is 9.42. The molecule has 6 nitrogen and oxygen atoms in total. The van der Waals surface area contributed by atoms with E-state index in [9.17, 15) is 10.1 Å². The molecule has 0 unspecified atom stereocenters. The number of ketones is 1. The molecule has 0 aliphatic carbocycles. The molecule has 0 aliphatic rings. The van der Waals surface area contributed by atoms with E-state index < -0.39 is 5.92 Å². The predicted octanol–water partition coefficient (Wildman–Crippen LogP) is 2.77. The first kappa shape index (κ1) is 15.6. The molecular weight excluding hydrogens is 302 g/mol. The maximum absolute atomic E-state index is 12.6. The van der Waals surface area contributed by atoms with Gasteiger partial charge in [0.1, 0.15) is 5.82 Å². The summed E-state index contributed by atoms with van der Waals surface area (Å²) < 4.78 is 1.84. The third-order valence-corrected chi connectivity index (χ3v) is 3.55. The van der Waals surface area contributed by atoms with Crippen molar-refractivity contribution in [3.63, 3.8) is 0 Å². The first-order chi connectivity index (χ1) is 11.6. The quantitative estimate of drug-likeness (QED) is 0.691. The molecule has 0 aromatic carbocycles. The Hall–Kier alpha value is -3.33. The molecule has 24 heavy (non-hydrogen) atoms. The smallest absolute Gasteiger partial charge is 0.189 e. The van der Waals surface area contributed by atoms with Gasteiger partial charge in [-0.2, -0.15) is 5.26 Å². The number of nitrogens with zero attached hydrogens (tertiary/aromatic N) is 5. The Bertz CT molecular complexity index is 887. The van der Waals surface area contributed by atoms with Gasteiger partial charge < -0.3 is 4.57 Å². The number of aromatic nitrogens is 4. The van der Waals surface area contributed by atoms with Gasteiger partial charge in [-0.15, -0.1) is 0 Å². The molecule has 3 aromatic heterocycles. The van der Waals surface area contributed by atoms with Crippen LogP contribution in [0.1, 0.15) is 33.5 Å². The Balaban J connectivity index is 1.90. The van der Waals surface area contributed by atoms with Crippen molar-refractivity contribution in [3.8, 4) is 11.9 Å². The molecule has 0 amide bonds. The number of carbonyl (C=O) groups is 1. The Morgan fingerprint density at radius 1 is 1.17 bits per heavy atom. The Morgan fingerprint density at radius 2 is 1.83 bits per heavy atom. The number of nitriles is 1. The highest BCUT2D eigenvalue weighted by atomic mass is 16.1. The van der Waals surface area contributed by atoms with Crippen LogP contribution in [0.5, 0.6) is 0 Å². The van der Waals surface area contributed by atoms with Crippen LogP contribution in [0.4, 0.5) is 0 Å². The highest BCUT2D eigenvalue weighted by Crippen LogP contribution is 2.18. The molecule has 118 valence electrons. The van der Waals surface area contributed by atoms with Crippen LogP contribution in [0, 0.1) is 25.2 Å². The van der Waals surface area contributed by atoms with Gasteiger partial charge in [0.15, 0.2) is 17.5 Å². The van der Waals surface area contributed by atoms with Gasteiger partial charge in [-0.05, 0) is 44.2 Å². The fraction of sp³-hybridized carbons (Fsp3) is 0.167. The van der Waals surface area contributed by atoms with Gasteiger partial charge >= 0.3 is 0 Å². The van der Waals surface area contributed by atoms with Gasteiger partial charge in [-0.1, -0.05) is 0 Å². The number of carbonyl (C=O) groups excluding carboxylic acids is 1. The monoisotopic (exact) mass is 317 g/mol. The van der Waals surface area contributed by atoms with Crippen molar-refractivity contribution in [2.75, 3.05) is 0 Å². The van der Waals surface area contributed by atoms with Crippen LogP contribution in [-0.4, -0.2) is 25.3 Å². The summed E-state index contributed by atoms with van der Waals surface area (Å²) in [5.41, 5.74) is 1.82. The molecule has 0 saturated carbocycles. The van der Waals surface area contributed by atoms with Gasteiger partial charge in [-0.25, -0.2) is 15.0 Å². The molecule has 0 fully saturated rings. The first-order valence-corrected chi connectivity index (χ1v) is 7.44. The first-order valence-electron chi connectivity index (χ1n) is 7.44. The van der Waals surface area contributed by atoms with E-state index >= 15 is 0 Å². The standard InChI is InChI=1S/C18H15N5O/c1-12-9-13(2)22-18(21-12)15(10-19)17(24)14-5-6-16(20-11-14)23-7-3-4-8-23/h3-9,11,15H,1-2H3/t15-/m1/s1. The lowest BCUT2D eigenvalue weighted by Gasteiger charge is -2.09. The van der Waals surface area contributed by atoms with Crippen molar-refractivity contribution < 1.29 is 4.79 Å². The summed E-state index contributed by atoms with van der Waals surface area (Å²) in [6.45, 7) is 3.62. The lowest BCUT2D eigenvalue weighted by Crippen LogP contribution is -2.16. The van der Waals surface area contributed by atoms with Crippen LogP contribution < -0.4 is 0 Å². The molecule has 6 heteroatoms. The molecule has 0 bridgehead atoms. The summed E-state index contributed by atoms with van der Waals surface area (Å²) in [7, 11) is 0. The number of rotatable bonds is 4. The van der Waals surface area contributed by atoms with Crippen LogP contribution in [0.25, 0.3) is 5.82 Å². The van der Waals surface area contributed by atoms with Gasteiger partial charge in [0, 0.05) is 35.5 Å². The van der Waals surface area contributed by atoms with Crippen molar-refractivity contribution >= 4 is 5.78 Å². The number of hydrogen-bond acceptors (Lipinski definition) is 5. The maximum atomic E-state index is 12.6. The van der Waals surface area contributed by atoms with Crippen molar-refractivity contribution in [1.82, 2.24) is 19.5 Å². The predicted molar refractivity (Wildman–Crippen MR) is 87.8 cm³/mol. The van der Waals surface area contributed by atoms with Crippen LogP contribution >= 0.6 is 0 Å². The average Bonchev–Trinajstić information content (AvgIpc) is 3.09. The van der Waals surface area contributed by atoms with Gasteiger partial charge in [0.25, 0.3) is 0 Å². The minimum absolute atomic E-state index is 0.231. The van der Waals surface area contributed by atoms with Crippen molar-refractivity contribution in [2.24, 2.45) is 0 Å². The third kappa shape index (κ3) is 3.06. The van der Waals surface area contributed by atoms with E-state index in [0.29, 0.717) is 11.4 Å². The topological polar surface area (TPSA) is 84.5 Å². The van der Waals surface area contributed by atoms with Crippen LogP contribution in [0.3, 0.4) is 0 Å². The van der Waals surface area contributed by atoms with Crippen molar-refractivity contribution in [1.29, 1.82) is 5.26 Å². The number of Topliss-reactive ketones (excluding diaryl/α,β-unsaturated/α-hetero) is 1. The molecule has 0 radical (unpaired) electrons. The Labute approximate surface area is 139 Å². The van der Waals surface area contributed by atoms with E-state index in [4.69, 9.17) is 0 Å². The van der Waals surface area contributed by atoms with Gasteiger partial charge in [-0.3, -0.25) is 4.79 Å². The number of aryl methyl sites for hydroxylation is 2. The molecule has 0 aliphatic heterocycles. The van der Waals surface area contributed by atoms with Crippen molar-refractivity contribution in [3.05, 3.63) is 71.7 Å². The largest absolute Gasteiger partial charge is 0.309 e. The second-order valence-electron chi connectivity index (χ2n) is 5.43. The lowest BCUT2D eigenvalue weighted by molar-refractivity contribution is 0.0976. The lowest BCUT2D eigenvalue weighted by atomic mass is 9.99. The molecular formula is C18H15N5O. The molecule has 0 N–H and O–H groups in total. The second kappa shape index (κ2) is 6.42. The van der Waals surface area contributed by atoms with Crippen LogP contribution in [0.15, 0.2) is 48.9 Å². The van der Waals surface area contributed by atoms with Gasteiger partial charge in [0.05, 0.1) is 6.07 Å². The SMILES string of the molecule is Cc1cc(C)nc([C@H](C#N)C(=O)c2ccc(-n3cccc3)nc2)n1. The third-order valence-electron chi connectivity index (χ3n) is 3.55. The summed E-state index contributed by atoms with van der Waals surface area (Å²) in [6.07, 6.45) is 5.21. The zero-order valence-corrected chi connectivity index (χ0v) is 13.3. The normalized spacial score (nSPS) is 11.7. The van der Waals surface area contributed by atoms with E-state index in [2.05, 4.69) is 15.0 Å². The molecule has 3 aromatic rings. The highest BCUT2D eigenvalue weighted by molar-refractivity contribution is 6.02. The highest BCUT2D eigenvalue weighted by Gasteiger charge is 2.25. The summed E-state index contributed by atoms with van der Waals surface area (Å²) in [4.78, 5) is 25.4. The van der Waals surface area contributed by atoms with E-state index in [-0.39, 0.29) is 11.6 Å². The second-order valence-corrected chi connectivity index (χ2v) is 5.43. The zero-order valence-electron chi connectivity index (χ0n) is 13.3. The van der Waals surface area contributed by atoms with Crippen LogP contribution in [0.2, 0.25) is 0 Å². The fourth-order valence-corrected chi connectivity index (χ4v) is 2.45. The maximum Gasteiger partial charge on any atom is 0.189 e. The molecule has 0 spiro atoms. The fourth-order valence-electron chi connectivity index (χ4n) is 2.45. The molecule has 3 heterocycles. The number of pyridine rings is 1. The van der Waals surface area contributed by atoms with E-state index in [1.807, 2.05) is 49.0 Å². The van der Waals surface area contributed by atoms with E-state index in [0.717, 1.165) is 11.4 Å². The minimum Gasteiger partial charge on any atom is -0.309 e. The zero-order chi connectivity index (χ0) is 17.1. The van der Waals surface area contributed by atoms with Gasteiger partial charge in [0.2, 0.25) is 0 Å². The Morgan fingerprint density at radius 3 is 2.38 bits per heavy atom. The van der Waals surface area contributed by atoms with E-state index in [1.54, 1.807) is 18.2 Å². The molecule has 3 rings (SSSR count). The summed E-state index contributed by atoms with van der Waals surface area (Å²) in [6, 6.07) is 11.0. The van der Waals surface area contributed by atoms with E-state index in [1.165, 1.54) is 6.20 Å². The Kier molecular flexibility index (Phi) is 4.17. The molecule has 0 saturated heterocycles. The summed E-state index contributed by atoms with van der Waals surface area (Å²) in [5.74, 6) is -0.459.